The van der Waals surface area contributed by atoms with Crippen molar-refractivity contribution in [2.75, 3.05) is 26.2 Å². The summed E-state index contributed by atoms with van der Waals surface area (Å²) in [5.74, 6) is 1.84. The number of para-hydroxylation sites is 1. The predicted molar refractivity (Wildman–Crippen MR) is 62.2 cm³/mol. The van der Waals surface area contributed by atoms with Gasteiger partial charge >= 0.3 is 0 Å². The van der Waals surface area contributed by atoms with Gasteiger partial charge in [0.25, 0.3) is 0 Å². The zero-order valence-corrected chi connectivity index (χ0v) is 9.36. The molecule has 0 bridgehead atoms. The molecule has 1 saturated heterocycles. The summed E-state index contributed by atoms with van der Waals surface area (Å²) in [6, 6.07) is 10.0. The third kappa shape index (κ3) is 3.24. The summed E-state index contributed by atoms with van der Waals surface area (Å²) in [5.41, 5.74) is 0. The highest BCUT2D eigenvalue weighted by Crippen LogP contribution is 2.14. The molecule has 0 spiro atoms. The molecule has 0 unspecified atom stereocenters. The highest BCUT2D eigenvalue weighted by Gasteiger charge is 2.17. The van der Waals surface area contributed by atoms with Crippen molar-refractivity contribution in [2.24, 2.45) is 5.92 Å². The van der Waals surface area contributed by atoms with Crippen LogP contribution in [0.4, 0.5) is 0 Å². The van der Waals surface area contributed by atoms with E-state index in [-0.39, 0.29) is 0 Å². The molecule has 1 aromatic carbocycles. The second-order valence-electron chi connectivity index (χ2n) is 4.36. The van der Waals surface area contributed by atoms with E-state index in [1.807, 2.05) is 30.3 Å². The van der Waals surface area contributed by atoms with E-state index >= 15 is 0 Å². The van der Waals surface area contributed by atoms with E-state index in [1.165, 1.54) is 19.5 Å². The number of hydrogen-bond acceptors (Lipinski definition) is 2. The zero-order valence-electron chi connectivity index (χ0n) is 9.36. The summed E-state index contributed by atoms with van der Waals surface area (Å²) < 4.78 is 5.66. The molecule has 2 heteroatoms. The molecule has 1 aliphatic heterocycles. The summed E-state index contributed by atoms with van der Waals surface area (Å²) in [4.78, 5) is 2.48. The Bertz CT molecular complexity index is 286. The summed E-state index contributed by atoms with van der Waals surface area (Å²) in [6.45, 7) is 6.64. The predicted octanol–water partition coefficient (Wildman–Crippen LogP) is 2.41. The van der Waals surface area contributed by atoms with Crippen molar-refractivity contribution in [3.63, 3.8) is 0 Å². The Morgan fingerprint density at radius 3 is 2.80 bits per heavy atom. The third-order valence-corrected chi connectivity index (χ3v) is 2.93. The Hall–Kier alpha value is -1.02. The molecule has 1 aliphatic rings. The zero-order chi connectivity index (χ0) is 10.5. The van der Waals surface area contributed by atoms with Crippen LogP contribution in [0.5, 0.6) is 5.75 Å². The maximum Gasteiger partial charge on any atom is 0.119 e. The summed E-state index contributed by atoms with van der Waals surface area (Å²) in [6.07, 6.45) is 1.34. The van der Waals surface area contributed by atoms with Crippen LogP contribution in [0.2, 0.25) is 0 Å². The van der Waals surface area contributed by atoms with Crippen LogP contribution >= 0.6 is 0 Å². The van der Waals surface area contributed by atoms with Gasteiger partial charge in [0.05, 0.1) is 0 Å². The van der Waals surface area contributed by atoms with E-state index in [0.29, 0.717) is 0 Å². The van der Waals surface area contributed by atoms with E-state index in [0.717, 1.165) is 24.8 Å². The van der Waals surface area contributed by atoms with Gasteiger partial charge in [0.15, 0.2) is 0 Å². The lowest BCUT2D eigenvalue weighted by Gasteiger charge is -2.15. The smallest absolute Gasteiger partial charge is 0.119 e. The standard InChI is InChI=1S/C13H19NO/c1-12-7-8-14(11-12)9-10-15-13-5-3-2-4-6-13/h2-6,12H,7-11H2,1H3/t12-/m1/s1. The molecule has 2 rings (SSSR count). The van der Waals surface area contributed by atoms with E-state index in [4.69, 9.17) is 4.74 Å². The molecule has 0 radical (unpaired) electrons. The Morgan fingerprint density at radius 1 is 1.33 bits per heavy atom. The number of rotatable bonds is 4. The average Bonchev–Trinajstić information content (AvgIpc) is 2.66. The minimum atomic E-state index is 0.802. The molecule has 0 aromatic heterocycles. The van der Waals surface area contributed by atoms with Gasteiger partial charge in [-0.2, -0.15) is 0 Å². The maximum absolute atomic E-state index is 5.66. The highest BCUT2D eigenvalue weighted by molar-refractivity contribution is 5.20. The first-order chi connectivity index (χ1) is 7.34. The molecular formula is C13H19NO. The molecule has 0 amide bonds. The molecule has 1 fully saturated rings. The van der Waals surface area contributed by atoms with Gasteiger partial charge in [-0.05, 0) is 31.0 Å². The van der Waals surface area contributed by atoms with E-state index in [2.05, 4.69) is 11.8 Å². The van der Waals surface area contributed by atoms with Crippen molar-refractivity contribution in [1.82, 2.24) is 4.90 Å². The fourth-order valence-electron chi connectivity index (χ4n) is 2.04. The topological polar surface area (TPSA) is 12.5 Å². The van der Waals surface area contributed by atoms with Crippen LogP contribution in [-0.4, -0.2) is 31.1 Å². The quantitative estimate of drug-likeness (QED) is 0.748. The van der Waals surface area contributed by atoms with Crippen molar-refractivity contribution < 1.29 is 4.74 Å². The second kappa shape index (κ2) is 5.17. The van der Waals surface area contributed by atoms with Gasteiger partial charge < -0.3 is 4.74 Å². The average molecular weight is 205 g/mol. The van der Waals surface area contributed by atoms with Gasteiger partial charge in [-0.1, -0.05) is 25.1 Å². The molecule has 0 aliphatic carbocycles. The molecule has 1 aromatic rings. The van der Waals surface area contributed by atoms with Crippen LogP contribution in [0.1, 0.15) is 13.3 Å². The van der Waals surface area contributed by atoms with Crippen LogP contribution < -0.4 is 4.74 Å². The molecule has 2 nitrogen and oxygen atoms in total. The van der Waals surface area contributed by atoms with Gasteiger partial charge in [0.2, 0.25) is 0 Å². The third-order valence-electron chi connectivity index (χ3n) is 2.93. The Kier molecular flexibility index (Phi) is 3.62. The summed E-state index contributed by atoms with van der Waals surface area (Å²) in [7, 11) is 0. The molecule has 82 valence electrons. The molecule has 15 heavy (non-hydrogen) atoms. The first kappa shape index (κ1) is 10.5. The van der Waals surface area contributed by atoms with E-state index in [1.54, 1.807) is 0 Å². The van der Waals surface area contributed by atoms with E-state index in [9.17, 15) is 0 Å². The monoisotopic (exact) mass is 205 g/mol. The molecule has 0 saturated carbocycles. The van der Waals surface area contributed by atoms with Crippen molar-refractivity contribution in [2.45, 2.75) is 13.3 Å². The van der Waals surface area contributed by atoms with Gasteiger partial charge in [-0.15, -0.1) is 0 Å². The SMILES string of the molecule is C[C@@H]1CCN(CCOc2ccccc2)C1. The first-order valence-corrected chi connectivity index (χ1v) is 5.75. The molecule has 1 atom stereocenters. The fraction of sp³-hybridized carbons (Fsp3) is 0.538. The molecule has 0 N–H and O–H groups in total. The van der Waals surface area contributed by atoms with Crippen molar-refractivity contribution in [3.05, 3.63) is 30.3 Å². The molecule has 1 heterocycles. The van der Waals surface area contributed by atoms with Gasteiger partial charge in [0, 0.05) is 13.1 Å². The Balaban J connectivity index is 1.67. The van der Waals surface area contributed by atoms with Crippen LogP contribution in [0.3, 0.4) is 0 Å². The van der Waals surface area contributed by atoms with Gasteiger partial charge in [-0.3, -0.25) is 4.90 Å². The van der Waals surface area contributed by atoms with Gasteiger partial charge in [0.1, 0.15) is 12.4 Å². The Labute approximate surface area is 91.9 Å². The number of hydrogen-bond donors (Lipinski definition) is 0. The maximum atomic E-state index is 5.66. The van der Waals surface area contributed by atoms with Crippen LogP contribution in [0.15, 0.2) is 30.3 Å². The number of likely N-dealkylation sites (tertiary alicyclic amines) is 1. The fourth-order valence-corrected chi connectivity index (χ4v) is 2.04. The van der Waals surface area contributed by atoms with Crippen molar-refractivity contribution in [1.29, 1.82) is 0 Å². The first-order valence-electron chi connectivity index (χ1n) is 5.75. The highest BCUT2D eigenvalue weighted by atomic mass is 16.5. The Morgan fingerprint density at radius 2 is 2.13 bits per heavy atom. The summed E-state index contributed by atoms with van der Waals surface area (Å²) in [5, 5.41) is 0. The van der Waals surface area contributed by atoms with Crippen LogP contribution in [-0.2, 0) is 0 Å². The van der Waals surface area contributed by atoms with E-state index < -0.39 is 0 Å². The normalized spacial score (nSPS) is 21.8. The second-order valence-corrected chi connectivity index (χ2v) is 4.36. The van der Waals surface area contributed by atoms with Crippen molar-refractivity contribution >= 4 is 0 Å². The van der Waals surface area contributed by atoms with Crippen LogP contribution in [0, 0.1) is 5.92 Å². The lowest BCUT2D eigenvalue weighted by Crippen LogP contribution is -2.25. The van der Waals surface area contributed by atoms with Gasteiger partial charge in [-0.25, -0.2) is 0 Å². The summed E-state index contributed by atoms with van der Waals surface area (Å²) >= 11 is 0. The number of nitrogens with zero attached hydrogens (tertiary/aromatic N) is 1. The largest absolute Gasteiger partial charge is 0.492 e. The lowest BCUT2D eigenvalue weighted by atomic mass is 10.2. The van der Waals surface area contributed by atoms with Crippen molar-refractivity contribution in [3.8, 4) is 5.75 Å². The lowest BCUT2D eigenvalue weighted by molar-refractivity contribution is 0.234. The minimum Gasteiger partial charge on any atom is -0.492 e. The minimum absolute atomic E-state index is 0.802. The number of ether oxygens (including phenoxy) is 1. The molecular weight excluding hydrogens is 186 g/mol. The number of benzene rings is 1. The van der Waals surface area contributed by atoms with Crippen LogP contribution in [0.25, 0.3) is 0 Å².